The van der Waals surface area contributed by atoms with Crippen molar-refractivity contribution in [1.82, 2.24) is 20.0 Å². The average molecular weight is 276 g/mol. The van der Waals surface area contributed by atoms with E-state index >= 15 is 0 Å². The van der Waals surface area contributed by atoms with Crippen LogP contribution in [0.15, 0.2) is 18.2 Å². The van der Waals surface area contributed by atoms with Gasteiger partial charge in [-0.2, -0.15) is 14.9 Å². The molecule has 0 radical (unpaired) electrons. The minimum atomic E-state index is -0.641. The summed E-state index contributed by atoms with van der Waals surface area (Å²) in [6.07, 6.45) is 0. The first-order valence-electron chi connectivity index (χ1n) is 5.68. The number of methoxy groups -OCH3 is 1. The van der Waals surface area contributed by atoms with Gasteiger partial charge in [0.15, 0.2) is 11.5 Å². The minimum absolute atomic E-state index is 0.00567. The van der Waals surface area contributed by atoms with Gasteiger partial charge in [0, 0.05) is 13.0 Å². The maximum atomic E-state index is 11.5. The van der Waals surface area contributed by atoms with E-state index in [9.17, 15) is 9.59 Å². The maximum Gasteiger partial charge on any atom is 0.358 e. The van der Waals surface area contributed by atoms with Crippen LogP contribution in [-0.2, 0) is 9.53 Å². The number of carbonyl (C=O) groups is 2. The van der Waals surface area contributed by atoms with Gasteiger partial charge >= 0.3 is 11.9 Å². The van der Waals surface area contributed by atoms with Crippen LogP contribution in [0.3, 0.4) is 0 Å². The number of carbonyl (C=O) groups excluding carboxylic acids is 2. The normalized spacial score (nSPS) is 10.2. The fourth-order valence-corrected chi connectivity index (χ4v) is 1.46. The third-order valence-electron chi connectivity index (χ3n) is 2.32. The molecule has 0 aliphatic carbocycles. The Hall–Kier alpha value is -2.77. The molecular weight excluding hydrogens is 264 g/mol. The van der Waals surface area contributed by atoms with E-state index in [0.717, 1.165) is 5.69 Å². The number of esters is 2. The van der Waals surface area contributed by atoms with Crippen LogP contribution in [0.2, 0.25) is 0 Å². The van der Waals surface area contributed by atoms with E-state index in [2.05, 4.69) is 20.0 Å². The second-order valence-electron chi connectivity index (χ2n) is 3.90. The van der Waals surface area contributed by atoms with Gasteiger partial charge < -0.3 is 9.47 Å². The van der Waals surface area contributed by atoms with Crippen molar-refractivity contribution >= 4 is 11.9 Å². The van der Waals surface area contributed by atoms with Crippen LogP contribution in [0.5, 0.6) is 5.88 Å². The summed E-state index contributed by atoms with van der Waals surface area (Å²) in [5.41, 5.74) is 0.731. The third kappa shape index (κ3) is 2.79. The number of rotatable bonds is 3. The fraction of sp³-hybridized carbons (Fsp3) is 0.250. The Morgan fingerprint density at radius 3 is 2.55 bits per heavy atom. The van der Waals surface area contributed by atoms with Gasteiger partial charge in [-0.05, 0) is 19.1 Å². The molecular formula is C12H12N4O4. The molecule has 0 aromatic carbocycles. The Bertz CT molecular complexity index is 648. The molecule has 0 unspecified atom stereocenters. The van der Waals surface area contributed by atoms with Gasteiger partial charge in [0.2, 0.25) is 5.88 Å². The molecule has 0 N–H and O–H groups in total. The lowest BCUT2D eigenvalue weighted by Gasteiger charge is -2.04. The number of aryl methyl sites for hydroxylation is 1. The van der Waals surface area contributed by atoms with Crippen LogP contribution in [-0.4, -0.2) is 39.0 Å². The highest BCUT2D eigenvalue weighted by atomic mass is 16.5. The summed E-state index contributed by atoms with van der Waals surface area (Å²) >= 11 is 0. The first-order chi connectivity index (χ1) is 9.51. The molecule has 0 amide bonds. The lowest BCUT2D eigenvalue weighted by atomic mass is 10.4. The standard InChI is InChI=1S/C12H12N4O4/c1-7-4-5-10(14-13-7)16-11(20-8(2)17)6-9(15-16)12(18)19-3/h4-6H,1-3H3. The highest BCUT2D eigenvalue weighted by molar-refractivity contribution is 5.87. The lowest BCUT2D eigenvalue weighted by Crippen LogP contribution is -2.09. The molecule has 0 bridgehead atoms. The second kappa shape index (κ2) is 5.47. The Balaban J connectivity index is 2.48. The molecule has 0 aliphatic rings. The maximum absolute atomic E-state index is 11.5. The SMILES string of the molecule is COC(=O)c1cc(OC(C)=O)n(-c2ccc(C)nn2)n1. The van der Waals surface area contributed by atoms with Gasteiger partial charge in [0.1, 0.15) is 0 Å². The van der Waals surface area contributed by atoms with Gasteiger partial charge in [-0.15, -0.1) is 5.10 Å². The zero-order chi connectivity index (χ0) is 14.7. The van der Waals surface area contributed by atoms with Crippen LogP contribution in [0.4, 0.5) is 0 Å². The summed E-state index contributed by atoms with van der Waals surface area (Å²) in [5, 5.41) is 11.8. The smallest absolute Gasteiger partial charge is 0.358 e. The van der Waals surface area contributed by atoms with Crippen molar-refractivity contribution in [3.63, 3.8) is 0 Å². The Morgan fingerprint density at radius 2 is 2.00 bits per heavy atom. The van der Waals surface area contributed by atoms with Gasteiger partial charge in [-0.3, -0.25) is 4.79 Å². The zero-order valence-corrected chi connectivity index (χ0v) is 11.2. The fourth-order valence-electron chi connectivity index (χ4n) is 1.46. The molecule has 0 saturated carbocycles. The predicted molar refractivity (Wildman–Crippen MR) is 66.5 cm³/mol. The van der Waals surface area contributed by atoms with E-state index in [1.165, 1.54) is 24.8 Å². The van der Waals surface area contributed by atoms with Crippen LogP contribution in [0.25, 0.3) is 5.82 Å². The highest BCUT2D eigenvalue weighted by Crippen LogP contribution is 2.18. The van der Waals surface area contributed by atoms with Crippen molar-refractivity contribution in [2.75, 3.05) is 7.11 Å². The van der Waals surface area contributed by atoms with Crippen molar-refractivity contribution in [2.24, 2.45) is 0 Å². The van der Waals surface area contributed by atoms with E-state index < -0.39 is 11.9 Å². The molecule has 104 valence electrons. The summed E-state index contributed by atoms with van der Waals surface area (Å²) in [6.45, 7) is 3.03. The number of hydrogen-bond acceptors (Lipinski definition) is 7. The Morgan fingerprint density at radius 1 is 1.25 bits per heavy atom. The first-order valence-corrected chi connectivity index (χ1v) is 5.68. The van der Waals surface area contributed by atoms with Crippen molar-refractivity contribution in [3.05, 3.63) is 29.6 Å². The third-order valence-corrected chi connectivity index (χ3v) is 2.32. The van der Waals surface area contributed by atoms with Crippen LogP contribution in [0.1, 0.15) is 23.1 Å². The zero-order valence-electron chi connectivity index (χ0n) is 11.2. The predicted octanol–water partition coefficient (Wildman–Crippen LogP) is 0.683. The lowest BCUT2D eigenvalue weighted by molar-refractivity contribution is -0.132. The van der Waals surface area contributed by atoms with Crippen molar-refractivity contribution in [3.8, 4) is 11.7 Å². The number of nitrogens with zero attached hydrogens (tertiary/aromatic N) is 4. The summed E-state index contributed by atoms with van der Waals surface area (Å²) in [7, 11) is 1.23. The molecule has 0 aliphatic heterocycles. The average Bonchev–Trinajstić information content (AvgIpc) is 2.82. The Kier molecular flexibility index (Phi) is 3.74. The van der Waals surface area contributed by atoms with E-state index in [0.29, 0.717) is 5.82 Å². The van der Waals surface area contributed by atoms with Gasteiger partial charge in [-0.25, -0.2) is 4.79 Å². The monoisotopic (exact) mass is 276 g/mol. The van der Waals surface area contributed by atoms with E-state index in [1.807, 2.05) is 0 Å². The van der Waals surface area contributed by atoms with E-state index in [-0.39, 0.29) is 11.6 Å². The molecule has 0 fully saturated rings. The number of hydrogen-bond donors (Lipinski definition) is 0. The summed E-state index contributed by atoms with van der Waals surface area (Å²) < 4.78 is 10.8. The number of aromatic nitrogens is 4. The molecule has 2 aromatic rings. The van der Waals surface area contributed by atoms with E-state index in [1.54, 1.807) is 19.1 Å². The van der Waals surface area contributed by atoms with Gasteiger partial charge in [0.05, 0.1) is 12.8 Å². The minimum Gasteiger partial charge on any atom is -0.464 e. The highest BCUT2D eigenvalue weighted by Gasteiger charge is 2.18. The second-order valence-corrected chi connectivity index (χ2v) is 3.90. The molecule has 8 heteroatoms. The van der Waals surface area contributed by atoms with Gasteiger partial charge in [-0.1, -0.05) is 0 Å². The van der Waals surface area contributed by atoms with Crippen molar-refractivity contribution in [2.45, 2.75) is 13.8 Å². The van der Waals surface area contributed by atoms with Crippen LogP contribution < -0.4 is 4.74 Å². The first kappa shape index (κ1) is 13.7. The number of ether oxygens (including phenoxy) is 2. The molecule has 2 aromatic heterocycles. The summed E-state index contributed by atoms with van der Waals surface area (Å²) in [6, 6.07) is 4.66. The Labute approximate surface area is 114 Å². The molecule has 20 heavy (non-hydrogen) atoms. The van der Waals surface area contributed by atoms with Crippen LogP contribution in [0, 0.1) is 6.92 Å². The largest absolute Gasteiger partial charge is 0.464 e. The molecule has 0 spiro atoms. The summed E-state index contributed by atoms with van der Waals surface area (Å²) in [5.74, 6) is -0.794. The molecule has 0 saturated heterocycles. The van der Waals surface area contributed by atoms with Gasteiger partial charge in [0.25, 0.3) is 0 Å². The summed E-state index contributed by atoms with van der Waals surface area (Å²) in [4.78, 5) is 22.6. The van der Waals surface area contributed by atoms with Crippen molar-refractivity contribution in [1.29, 1.82) is 0 Å². The van der Waals surface area contributed by atoms with Crippen molar-refractivity contribution < 1.29 is 19.1 Å². The topological polar surface area (TPSA) is 96.2 Å². The molecule has 0 atom stereocenters. The quantitative estimate of drug-likeness (QED) is 0.760. The molecule has 2 rings (SSSR count). The van der Waals surface area contributed by atoms with Crippen LogP contribution >= 0.6 is 0 Å². The molecule has 2 heterocycles. The van der Waals surface area contributed by atoms with E-state index in [4.69, 9.17) is 4.74 Å². The molecule has 8 nitrogen and oxygen atoms in total.